The second kappa shape index (κ2) is 5.22. The fourth-order valence-corrected chi connectivity index (χ4v) is 4.84. The van der Waals surface area contributed by atoms with Crippen molar-refractivity contribution in [3.05, 3.63) is 33.9 Å². The molecule has 2 aliphatic rings. The summed E-state index contributed by atoms with van der Waals surface area (Å²) in [7, 11) is 0. The summed E-state index contributed by atoms with van der Waals surface area (Å²) in [5.74, 6) is 2.64. The molecule has 20 heavy (non-hydrogen) atoms. The Labute approximate surface area is 126 Å². The Hall–Kier alpha value is -0.760. The van der Waals surface area contributed by atoms with Crippen molar-refractivity contribution in [2.24, 2.45) is 5.41 Å². The van der Waals surface area contributed by atoms with E-state index in [1.165, 1.54) is 35.1 Å². The molecule has 0 saturated carbocycles. The van der Waals surface area contributed by atoms with E-state index in [0.717, 1.165) is 29.9 Å². The maximum atomic E-state index is 12.7. The summed E-state index contributed by atoms with van der Waals surface area (Å²) in [5.41, 5.74) is 6.98. The summed E-state index contributed by atoms with van der Waals surface area (Å²) in [6, 6.07) is 2.35. The number of thioether (sulfide) groups is 1. The van der Waals surface area contributed by atoms with Gasteiger partial charge in [0.25, 0.3) is 0 Å². The molecule has 0 spiro atoms. The first-order valence-electron chi connectivity index (χ1n) is 7.79. The van der Waals surface area contributed by atoms with Gasteiger partial charge >= 0.3 is 0 Å². The first-order chi connectivity index (χ1) is 9.52. The fourth-order valence-electron chi connectivity index (χ4n) is 3.70. The van der Waals surface area contributed by atoms with Gasteiger partial charge in [-0.3, -0.25) is 4.79 Å². The van der Waals surface area contributed by atoms with E-state index in [-0.39, 0.29) is 5.41 Å². The summed E-state index contributed by atoms with van der Waals surface area (Å²) in [6.45, 7) is 6.68. The summed E-state index contributed by atoms with van der Waals surface area (Å²) < 4.78 is 0. The van der Waals surface area contributed by atoms with Crippen LogP contribution in [0.15, 0.2) is 6.07 Å². The average molecular weight is 288 g/mol. The van der Waals surface area contributed by atoms with Gasteiger partial charge in [0, 0.05) is 23.5 Å². The smallest absolute Gasteiger partial charge is 0.163 e. The van der Waals surface area contributed by atoms with Crippen molar-refractivity contribution in [2.75, 3.05) is 0 Å². The molecule has 0 unspecified atom stereocenters. The van der Waals surface area contributed by atoms with Crippen molar-refractivity contribution in [2.45, 2.75) is 64.4 Å². The van der Waals surface area contributed by atoms with E-state index in [1.807, 2.05) is 11.8 Å². The molecular formula is C18H24OS. The van der Waals surface area contributed by atoms with Crippen LogP contribution in [0, 0.1) is 5.41 Å². The van der Waals surface area contributed by atoms with Crippen molar-refractivity contribution in [1.82, 2.24) is 0 Å². The van der Waals surface area contributed by atoms with Crippen molar-refractivity contribution in [1.29, 1.82) is 0 Å². The molecule has 0 fully saturated rings. The molecule has 1 aromatic rings. The highest BCUT2D eigenvalue weighted by atomic mass is 32.2. The molecule has 0 N–H and O–H groups in total. The predicted molar refractivity (Wildman–Crippen MR) is 86.5 cm³/mol. The SMILES string of the molecule is CCCCc1c2c(cc3c1C(=O)CC(C)(C)C3)CSC2. The number of rotatable bonds is 3. The van der Waals surface area contributed by atoms with Crippen LogP contribution in [-0.4, -0.2) is 5.78 Å². The van der Waals surface area contributed by atoms with Crippen molar-refractivity contribution in [3.63, 3.8) is 0 Å². The summed E-state index contributed by atoms with van der Waals surface area (Å²) in [4.78, 5) is 12.7. The Morgan fingerprint density at radius 1 is 1.20 bits per heavy atom. The number of fused-ring (bicyclic) bond motifs is 2. The van der Waals surface area contributed by atoms with Gasteiger partial charge in [-0.1, -0.05) is 33.3 Å². The molecule has 2 heteroatoms. The summed E-state index contributed by atoms with van der Waals surface area (Å²) >= 11 is 2.00. The van der Waals surface area contributed by atoms with Gasteiger partial charge in [0.05, 0.1) is 0 Å². The van der Waals surface area contributed by atoms with Crippen molar-refractivity contribution >= 4 is 17.5 Å². The van der Waals surface area contributed by atoms with E-state index in [1.54, 1.807) is 0 Å². The van der Waals surface area contributed by atoms with Gasteiger partial charge in [-0.25, -0.2) is 0 Å². The second-order valence-corrected chi connectivity index (χ2v) is 8.05. The lowest BCUT2D eigenvalue weighted by atomic mass is 9.71. The van der Waals surface area contributed by atoms with Crippen LogP contribution in [0.5, 0.6) is 0 Å². The molecule has 0 radical (unpaired) electrons. The third kappa shape index (κ3) is 2.43. The molecule has 1 aromatic carbocycles. The number of ketones is 1. The zero-order chi connectivity index (χ0) is 14.3. The molecule has 1 aliphatic heterocycles. The molecule has 0 saturated heterocycles. The van der Waals surface area contributed by atoms with Gasteiger partial charge in [0.15, 0.2) is 5.78 Å². The molecule has 0 atom stereocenters. The Morgan fingerprint density at radius 3 is 2.75 bits per heavy atom. The van der Waals surface area contributed by atoms with E-state index in [4.69, 9.17) is 0 Å². The topological polar surface area (TPSA) is 17.1 Å². The molecule has 0 bridgehead atoms. The summed E-state index contributed by atoms with van der Waals surface area (Å²) in [6.07, 6.45) is 5.26. The lowest BCUT2D eigenvalue weighted by Crippen LogP contribution is -2.28. The van der Waals surface area contributed by atoms with E-state index >= 15 is 0 Å². The molecule has 1 aliphatic carbocycles. The Kier molecular flexibility index (Phi) is 3.70. The van der Waals surface area contributed by atoms with Crippen molar-refractivity contribution < 1.29 is 4.79 Å². The van der Waals surface area contributed by atoms with Crippen LogP contribution in [0.2, 0.25) is 0 Å². The minimum atomic E-state index is 0.131. The molecule has 108 valence electrons. The molecule has 1 nitrogen and oxygen atoms in total. The standard InChI is InChI=1S/C18H24OS/c1-4-5-6-14-15-11-20-10-13(15)7-12-8-18(2,3)9-16(19)17(12)14/h7H,4-6,8-11H2,1-3H3. The number of hydrogen-bond donors (Lipinski definition) is 0. The number of Topliss-reactive ketones (excluding diaryl/α,β-unsaturated/α-hetero) is 1. The van der Waals surface area contributed by atoms with Crippen LogP contribution in [0.4, 0.5) is 0 Å². The third-order valence-corrected chi connectivity index (χ3v) is 5.60. The second-order valence-electron chi connectivity index (χ2n) is 7.06. The van der Waals surface area contributed by atoms with Crippen molar-refractivity contribution in [3.8, 4) is 0 Å². The quantitative estimate of drug-likeness (QED) is 0.784. The molecule has 0 amide bonds. The van der Waals surface area contributed by atoms with Crippen LogP contribution < -0.4 is 0 Å². The maximum absolute atomic E-state index is 12.7. The minimum absolute atomic E-state index is 0.131. The normalized spacial score (nSPS) is 19.9. The van der Waals surface area contributed by atoms with E-state index in [2.05, 4.69) is 26.8 Å². The minimum Gasteiger partial charge on any atom is -0.294 e. The predicted octanol–water partition coefficient (Wildman–Crippen LogP) is 4.93. The van der Waals surface area contributed by atoms with Gasteiger partial charge in [0.1, 0.15) is 0 Å². The van der Waals surface area contributed by atoms with Gasteiger partial charge in [-0.05, 0) is 46.9 Å². The van der Waals surface area contributed by atoms with Crippen LogP contribution in [-0.2, 0) is 24.3 Å². The number of carbonyl (C=O) groups excluding carboxylic acids is 1. The zero-order valence-electron chi connectivity index (χ0n) is 12.8. The molecular weight excluding hydrogens is 264 g/mol. The zero-order valence-corrected chi connectivity index (χ0v) is 13.7. The number of benzene rings is 1. The number of hydrogen-bond acceptors (Lipinski definition) is 2. The summed E-state index contributed by atoms with van der Waals surface area (Å²) in [5, 5.41) is 0. The van der Waals surface area contributed by atoms with Gasteiger partial charge in [-0.2, -0.15) is 11.8 Å². The van der Waals surface area contributed by atoms with Gasteiger partial charge in [-0.15, -0.1) is 0 Å². The monoisotopic (exact) mass is 288 g/mol. The molecule has 1 heterocycles. The first kappa shape index (κ1) is 14.2. The number of unbranched alkanes of at least 4 members (excludes halogenated alkanes) is 1. The van der Waals surface area contributed by atoms with Crippen LogP contribution in [0.1, 0.15) is 72.6 Å². The van der Waals surface area contributed by atoms with E-state index in [9.17, 15) is 4.79 Å². The Bertz CT molecular complexity index is 557. The van der Waals surface area contributed by atoms with E-state index in [0.29, 0.717) is 12.2 Å². The maximum Gasteiger partial charge on any atom is 0.163 e. The van der Waals surface area contributed by atoms with Gasteiger partial charge < -0.3 is 0 Å². The highest BCUT2D eigenvalue weighted by molar-refractivity contribution is 7.98. The lowest BCUT2D eigenvalue weighted by molar-refractivity contribution is 0.0911. The molecule has 3 rings (SSSR count). The fraction of sp³-hybridized carbons (Fsp3) is 0.611. The van der Waals surface area contributed by atoms with E-state index < -0.39 is 0 Å². The third-order valence-electron chi connectivity index (χ3n) is 4.59. The average Bonchev–Trinajstić information content (AvgIpc) is 2.80. The Morgan fingerprint density at radius 2 is 2.00 bits per heavy atom. The molecule has 0 aromatic heterocycles. The van der Waals surface area contributed by atoms with Crippen LogP contribution >= 0.6 is 11.8 Å². The van der Waals surface area contributed by atoms with Crippen LogP contribution in [0.25, 0.3) is 0 Å². The van der Waals surface area contributed by atoms with Crippen LogP contribution in [0.3, 0.4) is 0 Å². The first-order valence-corrected chi connectivity index (χ1v) is 8.95. The highest BCUT2D eigenvalue weighted by Gasteiger charge is 2.34. The lowest BCUT2D eigenvalue weighted by Gasteiger charge is -2.32. The van der Waals surface area contributed by atoms with Gasteiger partial charge in [0.2, 0.25) is 0 Å². The largest absolute Gasteiger partial charge is 0.294 e. The highest BCUT2D eigenvalue weighted by Crippen LogP contribution is 2.42. The number of carbonyl (C=O) groups is 1. The Balaban J connectivity index is 2.13.